The molecule has 0 radical (unpaired) electrons. The molecule has 2 N–H and O–H groups in total. The van der Waals surface area contributed by atoms with Gasteiger partial charge in [0, 0.05) is 34.0 Å². The molecule has 1 atom stereocenters. The van der Waals surface area contributed by atoms with Crippen LogP contribution in [0.1, 0.15) is 26.3 Å². The number of aromatic nitrogens is 1. The average molecular weight is 480 g/mol. The third kappa shape index (κ3) is 4.51. The topological polar surface area (TPSA) is 89.4 Å². The number of nitrogens with one attached hydrogen (secondary N) is 2. The highest BCUT2D eigenvalue weighted by molar-refractivity contribution is 7.89. The van der Waals surface area contributed by atoms with E-state index in [0.717, 1.165) is 28.4 Å². The number of rotatable bonds is 8. The Morgan fingerprint density at radius 1 is 1.00 bits per heavy atom. The van der Waals surface area contributed by atoms with Gasteiger partial charge in [-0.3, -0.25) is 4.79 Å². The van der Waals surface area contributed by atoms with Crippen LogP contribution in [-0.2, 0) is 21.4 Å². The Balaban J connectivity index is 1.53. The van der Waals surface area contributed by atoms with Crippen molar-refractivity contribution in [2.75, 3.05) is 11.9 Å². The average Bonchev–Trinajstić information content (AvgIpc) is 3.13. The maximum atomic E-state index is 12.8. The normalized spacial score (nSPS) is 12.7. The first-order chi connectivity index (χ1) is 16.2. The van der Waals surface area contributed by atoms with Crippen LogP contribution in [0.3, 0.4) is 0 Å². The molecule has 0 bridgehead atoms. The van der Waals surface area contributed by atoms with E-state index in [4.69, 9.17) is 4.74 Å². The molecule has 8 heteroatoms. The number of benzene rings is 3. The predicted octanol–water partition coefficient (Wildman–Crippen LogP) is 4.83. The molecule has 3 aromatic carbocycles. The number of sulfonamides is 1. The zero-order chi connectivity index (χ0) is 24.5. The molecule has 0 aliphatic rings. The van der Waals surface area contributed by atoms with Gasteiger partial charge in [-0.15, -0.1) is 0 Å². The van der Waals surface area contributed by atoms with Crippen molar-refractivity contribution in [2.45, 2.75) is 45.2 Å². The van der Waals surface area contributed by atoms with Crippen LogP contribution in [0, 0.1) is 6.92 Å². The Morgan fingerprint density at radius 3 is 2.44 bits per heavy atom. The number of nitrogens with zero attached hydrogens (tertiary/aromatic N) is 1. The van der Waals surface area contributed by atoms with Gasteiger partial charge in [-0.25, -0.2) is 8.42 Å². The quantitative estimate of drug-likeness (QED) is 0.379. The number of carbonyl (C=O) groups is 1. The first-order valence-electron chi connectivity index (χ1n) is 11.3. The molecule has 178 valence electrons. The van der Waals surface area contributed by atoms with Gasteiger partial charge in [0.1, 0.15) is 5.75 Å². The van der Waals surface area contributed by atoms with E-state index in [0.29, 0.717) is 23.6 Å². The molecule has 0 aliphatic heterocycles. The lowest BCUT2D eigenvalue weighted by Gasteiger charge is -2.16. The van der Waals surface area contributed by atoms with Gasteiger partial charge in [0.2, 0.25) is 15.9 Å². The number of aryl methyl sites for hydroxylation is 2. The van der Waals surface area contributed by atoms with Gasteiger partial charge in [-0.1, -0.05) is 18.2 Å². The molecule has 1 heterocycles. The maximum Gasteiger partial charge on any atom is 0.242 e. The zero-order valence-electron chi connectivity index (χ0n) is 19.8. The molecular formula is C26H29N3O4S. The summed E-state index contributed by atoms with van der Waals surface area (Å²) in [5.74, 6) is 0.192. The lowest BCUT2D eigenvalue weighted by Crippen LogP contribution is -2.41. The summed E-state index contributed by atoms with van der Waals surface area (Å²) in [7, 11) is -3.88. The molecule has 4 rings (SSSR count). The SMILES string of the molecule is CCOc1ccc(S(=O)(=O)N[C@@H](C)C(=O)Nc2ccc3c(c2)c2ccccc2n3CC)cc1C. The van der Waals surface area contributed by atoms with E-state index in [1.165, 1.54) is 19.1 Å². The molecule has 0 spiro atoms. The fourth-order valence-electron chi connectivity index (χ4n) is 4.18. The minimum absolute atomic E-state index is 0.0851. The number of ether oxygens (including phenoxy) is 1. The highest BCUT2D eigenvalue weighted by Crippen LogP contribution is 2.31. The van der Waals surface area contributed by atoms with E-state index in [2.05, 4.69) is 33.7 Å². The second kappa shape index (κ2) is 9.48. The summed E-state index contributed by atoms with van der Waals surface area (Å²) in [5, 5.41) is 4.98. The van der Waals surface area contributed by atoms with Gasteiger partial charge >= 0.3 is 0 Å². The fraction of sp³-hybridized carbons (Fsp3) is 0.269. The number of hydrogen-bond donors (Lipinski definition) is 2. The van der Waals surface area contributed by atoms with Gasteiger partial charge in [-0.2, -0.15) is 4.72 Å². The minimum Gasteiger partial charge on any atom is -0.494 e. The van der Waals surface area contributed by atoms with E-state index in [1.807, 2.05) is 37.3 Å². The van der Waals surface area contributed by atoms with Crippen molar-refractivity contribution in [3.05, 3.63) is 66.2 Å². The van der Waals surface area contributed by atoms with Crippen molar-refractivity contribution in [2.24, 2.45) is 0 Å². The fourth-order valence-corrected chi connectivity index (χ4v) is 5.47. The zero-order valence-corrected chi connectivity index (χ0v) is 20.6. The summed E-state index contributed by atoms with van der Waals surface area (Å²) in [4.78, 5) is 12.9. The standard InChI is InChI=1S/C26H29N3O4S/c1-5-29-23-10-8-7-9-21(23)22-16-19(11-13-24(22)29)27-26(30)18(4)28-34(31,32)20-12-14-25(33-6-2)17(3)15-20/h7-16,18,28H,5-6H2,1-4H3,(H,27,30)/t18-/m0/s1. The monoisotopic (exact) mass is 479 g/mol. The third-order valence-electron chi connectivity index (χ3n) is 5.84. The van der Waals surface area contributed by atoms with E-state index in [1.54, 1.807) is 13.0 Å². The lowest BCUT2D eigenvalue weighted by molar-refractivity contribution is -0.117. The molecule has 4 aromatic rings. The Kier molecular flexibility index (Phi) is 6.63. The molecule has 0 fully saturated rings. The Hall–Kier alpha value is -3.36. The smallest absolute Gasteiger partial charge is 0.242 e. The van der Waals surface area contributed by atoms with Crippen molar-refractivity contribution >= 4 is 43.4 Å². The maximum absolute atomic E-state index is 12.8. The van der Waals surface area contributed by atoms with Crippen LogP contribution in [0.5, 0.6) is 5.75 Å². The Morgan fingerprint density at radius 2 is 1.74 bits per heavy atom. The first-order valence-corrected chi connectivity index (χ1v) is 12.8. The van der Waals surface area contributed by atoms with Crippen molar-refractivity contribution in [1.82, 2.24) is 9.29 Å². The minimum atomic E-state index is -3.88. The highest BCUT2D eigenvalue weighted by Gasteiger charge is 2.23. The van der Waals surface area contributed by atoms with Crippen LogP contribution in [0.15, 0.2) is 65.6 Å². The molecule has 7 nitrogen and oxygen atoms in total. The van der Waals surface area contributed by atoms with Gasteiger partial charge in [-0.05, 0) is 75.7 Å². The second-order valence-corrected chi connectivity index (χ2v) is 9.90. The summed E-state index contributed by atoms with van der Waals surface area (Å²) in [6.45, 7) is 8.60. The van der Waals surface area contributed by atoms with Crippen LogP contribution in [-0.4, -0.2) is 31.5 Å². The van der Waals surface area contributed by atoms with Gasteiger partial charge in [0.05, 0.1) is 17.5 Å². The van der Waals surface area contributed by atoms with Gasteiger partial charge in [0.25, 0.3) is 0 Å². The van der Waals surface area contributed by atoms with Crippen LogP contribution in [0.2, 0.25) is 0 Å². The number of carbonyl (C=O) groups excluding carboxylic acids is 1. The molecular weight excluding hydrogens is 450 g/mol. The van der Waals surface area contributed by atoms with Crippen molar-refractivity contribution in [1.29, 1.82) is 0 Å². The number of hydrogen-bond acceptors (Lipinski definition) is 4. The highest BCUT2D eigenvalue weighted by atomic mass is 32.2. The number of fused-ring (bicyclic) bond motifs is 3. The molecule has 0 unspecified atom stereocenters. The van der Waals surface area contributed by atoms with Crippen LogP contribution < -0.4 is 14.8 Å². The van der Waals surface area contributed by atoms with Crippen LogP contribution in [0.25, 0.3) is 21.8 Å². The number of amides is 1. The van der Waals surface area contributed by atoms with E-state index < -0.39 is 22.0 Å². The van der Waals surface area contributed by atoms with Gasteiger partial charge in [0.15, 0.2) is 0 Å². The molecule has 0 aliphatic carbocycles. The summed E-state index contributed by atoms with van der Waals surface area (Å²) in [5.41, 5.74) is 3.54. The summed E-state index contributed by atoms with van der Waals surface area (Å²) in [6, 6.07) is 17.6. The van der Waals surface area contributed by atoms with Crippen molar-refractivity contribution < 1.29 is 17.9 Å². The van der Waals surface area contributed by atoms with E-state index in [-0.39, 0.29) is 4.90 Å². The van der Waals surface area contributed by atoms with Crippen molar-refractivity contribution in [3.63, 3.8) is 0 Å². The summed E-state index contributed by atoms with van der Waals surface area (Å²) in [6.07, 6.45) is 0. The molecule has 0 saturated heterocycles. The molecule has 1 amide bonds. The van der Waals surface area contributed by atoms with Crippen molar-refractivity contribution in [3.8, 4) is 5.75 Å². The Labute approximate surface area is 199 Å². The largest absolute Gasteiger partial charge is 0.494 e. The first kappa shape index (κ1) is 23.8. The summed E-state index contributed by atoms with van der Waals surface area (Å²) < 4.78 is 35.9. The van der Waals surface area contributed by atoms with E-state index in [9.17, 15) is 13.2 Å². The van der Waals surface area contributed by atoms with E-state index >= 15 is 0 Å². The molecule has 0 saturated carbocycles. The second-order valence-electron chi connectivity index (χ2n) is 8.19. The number of para-hydroxylation sites is 1. The molecule has 34 heavy (non-hydrogen) atoms. The predicted molar refractivity (Wildman–Crippen MR) is 136 cm³/mol. The lowest BCUT2D eigenvalue weighted by atomic mass is 10.1. The Bertz CT molecular complexity index is 1470. The number of anilines is 1. The third-order valence-corrected chi connectivity index (χ3v) is 7.38. The van der Waals surface area contributed by atoms with Gasteiger partial charge < -0.3 is 14.6 Å². The van der Waals surface area contributed by atoms with Crippen LogP contribution >= 0.6 is 0 Å². The molecule has 1 aromatic heterocycles. The summed E-state index contributed by atoms with van der Waals surface area (Å²) >= 11 is 0. The van der Waals surface area contributed by atoms with Crippen LogP contribution in [0.4, 0.5) is 5.69 Å².